The highest BCUT2D eigenvalue weighted by Gasteiger charge is 2.01. The topological polar surface area (TPSA) is 38.3 Å². The summed E-state index contributed by atoms with van der Waals surface area (Å²) in [5.41, 5.74) is 1.02. The Balaban J connectivity index is 0.00000256. The number of nitrogens with one attached hydrogen (secondary N) is 1. The first-order valence-corrected chi connectivity index (χ1v) is 5.73. The molecule has 1 aromatic rings. The Morgan fingerprint density at radius 1 is 1.29 bits per heavy atom. The van der Waals surface area contributed by atoms with Gasteiger partial charge in [0.15, 0.2) is 0 Å². The van der Waals surface area contributed by atoms with Gasteiger partial charge in [0.05, 0.1) is 6.54 Å². The monoisotopic (exact) mass is 257 g/mol. The number of rotatable bonds is 7. The molecule has 0 radical (unpaired) electrons. The second-order valence-corrected chi connectivity index (χ2v) is 3.68. The van der Waals surface area contributed by atoms with Crippen molar-refractivity contribution in [2.45, 2.75) is 26.4 Å². The van der Waals surface area contributed by atoms with Gasteiger partial charge < -0.3 is 10.1 Å². The molecule has 0 spiro atoms. The van der Waals surface area contributed by atoms with Crippen molar-refractivity contribution in [3.63, 3.8) is 0 Å². The number of ether oxygens (including phenoxy) is 1. The summed E-state index contributed by atoms with van der Waals surface area (Å²) in [4.78, 5) is 11.3. The maximum atomic E-state index is 11.3. The van der Waals surface area contributed by atoms with Gasteiger partial charge in [-0.1, -0.05) is 43.7 Å². The van der Waals surface area contributed by atoms with E-state index in [1.54, 1.807) is 0 Å². The van der Waals surface area contributed by atoms with Crippen LogP contribution in [0.4, 0.5) is 0 Å². The van der Waals surface area contributed by atoms with E-state index in [1.807, 2.05) is 30.3 Å². The molecule has 0 aromatic heterocycles. The quantitative estimate of drug-likeness (QED) is 0.603. The zero-order valence-electron chi connectivity index (χ0n) is 10.1. The zero-order valence-corrected chi connectivity index (χ0v) is 11.0. The molecule has 0 aliphatic heterocycles. The van der Waals surface area contributed by atoms with E-state index in [-0.39, 0.29) is 18.4 Å². The van der Waals surface area contributed by atoms with Crippen LogP contribution in [0.15, 0.2) is 30.3 Å². The molecule has 1 rings (SSSR count). The number of hydrogen-bond donors (Lipinski definition) is 1. The summed E-state index contributed by atoms with van der Waals surface area (Å²) in [6.07, 6.45) is 2.22. The molecular formula is C13H20ClNO2. The lowest BCUT2D eigenvalue weighted by Crippen LogP contribution is -2.25. The van der Waals surface area contributed by atoms with Gasteiger partial charge in [0.1, 0.15) is 6.61 Å². The van der Waals surface area contributed by atoms with Crippen LogP contribution in [0.25, 0.3) is 0 Å². The number of halogens is 1. The Labute approximate surface area is 109 Å². The fourth-order valence-corrected chi connectivity index (χ4v) is 1.28. The van der Waals surface area contributed by atoms with Gasteiger partial charge >= 0.3 is 5.97 Å². The Morgan fingerprint density at radius 2 is 2.00 bits per heavy atom. The maximum absolute atomic E-state index is 11.3. The lowest BCUT2D eigenvalue weighted by atomic mass is 10.2. The number of hydrogen-bond acceptors (Lipinski definition) is 3. The third-order valence-corrected chi connectivity index (χ3v) is 2.22. The molecule has 1 aromatic carbocycles. The van der Waals surface area contributed by atoms with Crippen LogP contribution in [0, 0.1) is 0 Å². The van der Waals surface area contributed by atoms with E-state index >= 15 is 0 Å². The standard InChI is InChI=1S/C13H19NO2.ClH/c1-2-3-9-14-10-13(15)16-11-12-7-5-4-6-8-12;/h4-8,14H,2-3,9-11H2,1H3;1H. The molecule has 0 saturated heterocycles. The zero-order chi connectivity index (χ0) is 11.6. The molecule has 1 N–H and O–H groups in total. The molecule has 4 heteroatoms. The average molecular weight is 258 g/mol. The van der Waals surface area contributed by atoms with Crippen LogP contribution in [0.5, 0.6) is 0 Å². The number of esters is 1. The number of unbranched alkanes of at least 4 members (excludes halogenated alkanes) is 1. The van der Waals surface area contributed by atoms with Crippen molar-refractivity contribution in [3.8, 4) is 0 Å². The highest BCUT2D eigenvalue weighted by atomic mass is 35.5. The molecule has 3 nitrogen and oxygen atoms in total. The molecule has 0 aliphatic carbocycles. The van der Waals surface area contributed by atoms with Crippen molar-refractivity contribution < 1.29 is 9.53 Å². The highest BCUT2D eigenvalue weighted by molar-refractivity contribution is 5.85. The van der Waals surface area contributed by atoms with Crippen molar-refractivity contribution in [2.24, 2.45) is 0 Å². The fraction of sp³-hybridized carbons (Fsp3) is 0.462. The van der Waals surface area contributed by atoms with Crippen LogP contribution in [0.3, 0.4) is 0 Å². The molecule has 0 aliphatic rings. The van der Waals surface area contributed by atoms with Crippen molar-refractivity contribution in [2.75, 3.05) is 13.1 Å². The summed E-state index contributed by atoms with van der Waals surface area (Å²) < 4.78 is 5.11. The maximum Gasteiger partial charge on any atom is 0.320 e. The lowest BCUT2D eigenvalue weighted by molar-refractivity contribution is -0.143. The Bertz CT molecular complexity index is 304. The van der Waals surface area contributed by atoms with Crippen LogP contribution in [-0.2, 0) is 16.1 Å². The minimum atomic E-state index is -0.194. The normalized spacial score (nSPS) is 9.47. The van der Waals surface area contributed by atoms with Crippen LogP contribution in [0.1, 0.15) is 25.3 Å². The van der Waals surface area contributed by atoms with Crippen molar-refractivity contribution in [1.82, 2.24) is 5.32 Å². The fourth-order valence-electron chi connectivity index (χ4n) is 1.28. The second-order valence-electron chi connectivity index (χ2n) is 3.68. The second kappa shape index (κ2) is 10.1. The minimum Gasteiger partial charge on any atom is -0.460 e. The molecule has 0 fully saturated rings. The van der Waals surface area contributed by atoms with E-state index in [0.717, 1.165) is 24.9 Å². The summed E-state index contributed by atoms with van der Waals surface area (Å²) in [6.45, 7) is 3.65. The van der Waals surface area contributed by atoms with E-state index in [0.29, 0.717) is 13.2 Å². The van der Waals surface area contributed by atoms with Gasteiger partial charge in [-0.2, -0.15) is 0 Å². The van der Waals surface area contributed by atoms with Crippen LogP contribution in [-0.4, -0.2) is 19.1 Å². The lowest BCUT2D eigenvalue weighted by Gasteiger charge is -2.05. The number of carbonyl (C=O) groups is 1. The van der Waals surface area contributed by atoms with E-state index in [4.69, 9.17) is 4.74 Å². The highest BCUT2D eigenvalue weighted by Crippen LogP contribution is 2.00. The van der Waals surface area contributed by atoms with Gasteiger partial charge in [-0.15, -0.1) is 12.4 Å². The van der Waals surface area contributed by atoms with E-state index in [9.17, 15) is 4.79 Å². The predicted octanol–water partition coefficient (Wildman–Crippen LogP) is 2.54. The smallest absolute Gasteiger partial charge is 0.320 e. The van der Waals surface area contributed by atoms with Crippen LogP contribution >= 0.6 is 12.4 Å². The van der Waals surface area contributed by atoms with Crippen molar-refractivity contribution >= 4 is 18.4 Å². The average Bonchev–Trinajstić information content (AvgIpc) is 2.33. The summed E-state index contributed by atoms with van der Waals surface area (Å²) in [6, 6.07) is 9.69. The predicted molar refractivity (Wildman–Crippen MR) is 71.3 cm³/mol. The Kier molecular flexibility index (Phi) is 9.49. The van der Waals surface area contributed by atoms with Crippen molar-refractivity contribution in [1.29, 1.82) is 0 Å². The van der Waals surface area contributed by atoms with Gasteiger partial charge in [-0.3, -0.25) is 4.79 Å². The number of carbonyl (C=O) groups excluding carboxylic acids is 1. The summed E-state index contributed by atoms with van der Waals surface area (Å²) in [5, 5.41) is 3.05. The summed E-state index contributed by atoms with van der Waals surface area (Å²) in [7, 11) is 0. The first-order valence-electron chi connectivity index (χ1n) is 5.73. The van der Waals surface area contributed by atoms with Crippen LogP contribution in [0.2, 0.25) is 0 Å². The van der Waals surface area contributed by atoms with E-state index in [2.05, 4.69) is 12.2 Å². The van der Waals surface area contributed by atoms with Gasteiger partial charge in [0, 0.05) is 0 Å². The largest absolute Gasteiger partial charge is 0.460 e. The Hall–Kier alpha value is -1.06. The SMILES string of the molecule is CCCCNCC(=O)OCc1ccccc1.Cl. The van der Waals surface area contributed by atoms with E-state index < -0.39 is 0 Å². The third kappa shape index (κ3) is 7.77. The molecule has 0 saturated carbocycles. The molecule has 17 heavy (non-hydrogen) atoms. The van der Waals surface area contributed by atoms with E-state index in [1.165, 1.54) is 0 Å². The van der Waals surface area contributed by atoms with Gasteiger partial charge in [-0.25, -0.2) is 0 Å². The molecule has 0 unspecified atom stereocenters. The first kappa shape index (κ1) is 15.9. The van der Waals surface area contributed by atoms with Gasteiger partial charge in [0.25, 0.3) is 0 Å². The van der Waals surface area contributed by atoms with Gasteiger partial charge in [-0.05, 0) is 18.5 Å². The third-order valence-electron chi connectivity index (χ3n) is 2.22. The molecular weight excluding hydrogens is 238 g/mol. The molecule has 0 bridgehead atoms. The molecule has 0 atom stereocenters. The number of benzene rings is 1. The minimum absolute atomic E-state index is 0. The summed E-state index contributed by atoms with van der Waals surface area (Å²) in [5.74, 6) is -0.194. The molecule has 96 valence electrons. The molecule has 0 heterocycles. The first-order chi connectivity index (χ1) is 7.83. The van der Waals surface area contributed by atoms with Gasteiger partial charge in [0.2, 0.25) is 0 Å². The summed E-state index contributed by atoms with van der Waals surface area (Å²) >= 11 is 0. The van der Waals surface area contributed by atoms with Crippen molar-refractivity contribution in [3.05, 3.63) is 35.9 Å². The molecule has 0 amide bonds. The van der Waals surface area contributed by atoms with Crippen LogP contribution < -0.4 is 5.32 Å². The Morgan fingerprint density at radius 3 is 2.65 bits per heavy atom.